The molecule has 0 aromatic rings. The van der Waals surface area contributed by atoms with Gasteiger partial charge >= 0.3 is 17.9 Å². The molecule has 2 N–H and O–H groups in total. The quantitative estimate of drug-likeness (QED) is 0.181. The number of nitrogens with one attached hydrogen (secondary N) is 1. The van der Waals surface area contributed by atoms with Gasteiger partial charge in [0.05, 0.1) is 0 Å². The molecule has 0 aromatic heterocycles. The second kappa shape index (κ2) is 18.9. The Hall–Kier alpha value is -1.43. The van der Waals surface area contributed by atoms with Gasteiger partial charge in [-0.2, -0.15) is 0 Å². The lowest BCUT2D eigenvalue weighted by Gasteiger charge is -2.16. The Balaban J connectivity index is 3.99. The van der Waals surface area contributed by atoms with Gasteiger partial charge in [0.2, 0.25) is 0 Å². The van der Waals surface area contributed by atoms with Crippen molar-refractivity contribution in [2.24, 2.45) is 0 Å². The minimum absolute atomic E-state index is 0.131. The van der Waals surface area contributed by atoms with Crippen LogP contribution in [-0.2, 0) is 19.1 Å². The molecule has 0 aliphatic rings. The van der Waals surface area contributed by atoms with E-state index in [0.29, 0.717) is 6.54 Å². The number of carboxylic acid groups (broad SMARTS) is 1. The largest absolute Gasteiger partial charge is 0.481 e. The number of carbonyl (C=O) groups is 3. The van der Waals surface area contributed by atoms with E-state index >= 15 is 0 Å². The Labute approximate surface area is 170 Å². The first kappa shape index (κ1) is 26.6. The second-order valence-electron chi connectivity index (χ2n) is 7.52. The Morgan fingerprint density at radius 1 is 0.786 bits per heavy atom. The summed E-state index contributed by atoms with van der Waals surface area (Å²) in [4.78, 5) is 34.9. The molecule has 0 radical (unpaired) electrons. The molecule has 0 rings (SSSR count). The van der Waals surface area contributed by atoms with E-state index < -0.39 is 23.9 Å². The summed E-state index contributed by atoms with van der Waals surface area (Å²) in [5.74, 6) is -2.13. The topological polar surface area (TPSA) is 92.7 Å². The van der Waals surface area contributed by atoms with Gasteiger partial charge in [0, 0.05) is 12.8 Å². The summed E-state index contributed by atoms with van der Waals surface area (Å²) in [5.41, 5.74) is 0. The number of hydrogen-bond acceptors (Lipinski definition) is 5. The van der Waals surface area contributed by atoms with E-state index in [1.807, 2.05) is 0 Å². The van der Waals surface area contributed by atoms with E-state index in [-0.39, 0.29) is 19.3 Å². The monoisotopic (exact) mass is 399 g/mol. The Kier molecular flexibility index (Phi) is 17.9. The molecule has 1 unspecified atom stereocenters. The lowest BCUT2D eigenvalue weighted by molar-refractivity contribution is -0.161. The molecule has 1 atom stereocenters. The van der Waals surface area contributed by atoms with Crippen LogP contribution in [0.25, 0.3) is 0 Å². The summed E-state index contributed by atoms with van der Waals surface area (Å²) in [7, 11) is 0. The minimum Gasteiger partial charge on any atom is -0.481 e. The summed E-state index contributed by atoms with van der Waals surface area (Å²) < 4.78 is 4.94. The fourth-order valence-corrected chi connectivity index (χ4v) is 3.04. The van der Waals surface area contributed by atoms with Gasteiger partial charge in [0.15, 0.2) is 0 Å². The number of carboxylic acids is 1. The van der Waals surface area contributed by atoms with Crippen molar-refractivity contribution in [3.63, 3.8) is 0 Å². The van der Waals surface area contributed by atoms with E-state index in [4.69, 9.17) is 9.84 Å². The SMILES string of the molecule is CCCCCCCCCCCC(=O)OC(=O)C(CCC(=O)O)NCCCCC. The van der Waals surface area contributed by atoms with Gasteiger partial charge in [-0.3, -0.25) is 9.59 Å². The van der Waals surface area contributed by atoms with Crippen molar-refractivity contribution in [3.05, 3.63) is 0 Å². The maximum absolute atomic E-state index is 12.2. The predicted octanol–water partition coefficient (Wildman–Crippen LogP) is 4.99. The Morgan fingerprint density at radius 2 is 1.32 bits per heavy atom. The van der Waals surface area contributed by atoms with Crippen LogP contribution in [0.15, 0.2) is 0 Å². The number of aliphatic carboxylic acids is 1. The van der Waals surface area contributed by atoms with Crippen LogP contribution in [0.4, 0.5) is 0 Å². The van der Waals surface area contributed by atoms with Gasteiger partial charge in [-0.1, -0.05) is 78.1 Å². The predicted molar refractivity (Wildman–Crippen MR) is 111 cm³/mol. The first-order valence-electron chi connectivity index (χ1n) is 11.2. The summed E-state index contributed by atoms with van der Waals surface area (Å²) >= 11 is 0. The van der Waals surface area contributed by atoms with Gasteiger partial charge in [-0.05, 0) is 25.8 Å². The van der Waals surface area contributed by atoms with E-state index in [9.17, 15) is 14.4 Å². The van der Waals surface area contributed by atoms with Gasteiger partial charge in [-0.15, -0.1) is 0 Å². The molecule has 0 bridgehead atoms. The molecule has 6 heteroatoms. The van der Waals surface area contributed by atoms with Crippen LogP contribution in [0.5, 0.6) is 0 Å². The zero-order chi connectivity index (χ0) is 21.0. The molecule has 0 saturated carbocycles. The highest BCUT2D eigenvalue weighted by atomic mass is 16.6. The molecule has 0 aliphatic carbocycles. The molecule has 0 spiro atoms. The number of carbonyl (C=O) groups excluding carboxylic acids is 2. The Bertz CT molecular complexity index is 425. The zero-order valence-electron chi connectivity index (χ0n) is 18.0. The smallest absolute Gasteiger partial charge is 0.330 e. The third-order valence-electron chi connectivity index (χ3n) is 4.80. The van der Waals surface area contributed by atoms with Crippen molar-refractivity contribution in [2.75, 3.05) is 6.54 Å². The molecule has 0 aromatic carbocycles. The summed E-state index contributed by atoms with van der Waals surface area (Å²) in [6.45, 7) is 4.90. The molecule has 0 aliphatic heterocycles. The first-order chi connectivity index (χ1) is 13.5. The normalized spacial score (nSPS) is 11.9. The maximum atomic E-state index is 12.2. The molecular weight excluding hydrogens is 358 g/mol. The number of unbranched alkanes of at least 4 members (excludes halogenated alkanes) is 10. The van der Waals surface area contributed by atoms with E-state index in [1.165, 1.54) is 38.5 Å². The molecule has 0 fully saturated rings. The van der Waals surface area contributed by atoms with Crippen molar-refractivity contribution in [3.8, 4) is 0 Å². The van der Waals surface area contributed by atoms with Crippen LogP contribution in [-0.4, -0.2) is 35.6 Å². The molecular formula is C22H41NO5. The fourth-order valence-electron chi connectivity index (χ4n) is 3.04. The molecule has 164 valence electrons. The van der Waals surface area contributed by atoms with E-state index in [2.05, 4.69) is 19.2 Å². The molecule has 0 saturated heterocycles. The van der Waals surface area contributed by atoms with Crippen LogP contribution < -0.4 is 5.32 Å². The standard InChI is InChI=1S/C22H41NO5/c1-3-5-7-8-9-10-11-12-13-15-21(26)28-22(27)19(16-17-20(24)25)23-18-14-6-4-2/h19,23H,3-18H2,1-2H3,(H,24,25). The maximum Gasteiger partial charge on any atom is 0.330 e. The highest BCUT2D eigenvalue weighted by molar-refractivity contribution is 5.88. The number of hydrogen-bond donors (Lipinski definition) is 2. The lowest BCUT2D eigenvalue weighted by atomic mass is 10.1. The summed E-state index contributed by atoms with van der Waals surface area (Å²) in [6.07, 6.45) is 13.6. The van der Waals surface area contributed by atoms with Gasteiger partial charge in [0.25, 0.3) is 0 Å². The third-order valence-corrected chi connectivity index (χ3v) is 4.80. The molecule has 0 heterocycles. The average molecular weight is 400 g/mol. The number of rotatable bonds is 19. The number of esters is 2. The van der Waals surface area contributed by atoms with Crippen LogP contribution in [0.2, 0.25) is 0 Å². The lowest BCUT2D eigenvalue weighted by Crippen LogP contribution is -2.40. The van der Waals surface area contributed by atoms with Crippen LogP contribution in [0, 0.1) is 0 Å². The fraction of sp³-hybridized carbons (Fsp3) is 0.864. The van der Waals surface area contributed by atoms with Crippen molar-refractivity contribution in [1.82, 2.24) is 5.32 Å². The number of ether oxygens (including phenoxy) is 1. The first-order valence-corrected chi connectivity index (χ1v) is 11.2. The van der Waals surface area contributed by atoms with Crippen molar-refractivity contribution < 1.29 is 24.2 Å². The van der Waals surface area contributed by atoms with Crippen LogP contribution >= 0.6 is 0 Å². The second-order valence-corrected chi connectivity index (χ2v) is 7.52. The molecule has 0 amide bonds. The summed E-state index contributed by atoms with van der Waals surface area (Å²) in [6, 6.07) is -0.736. The third kappa shape index (κ3) is 16.7. The molecule has 6 nitrogen and oxygen atoms in total. The van der Waals surface area contributed by atoms with Crippen molar-refractivity contribution >= 4 is 17.9 Å². The van der Waals surface area contributed by atoms with Crippen molar-refractivity contribution in [2.45, 2.75) is 116 Å². The van der Waals surface area contributed by atoms with Crippen molar-refractivity contribution in [1.29, 1.82) is 0 Å². The highest BCUT2D eigenvalue weighted by Gasteiger charge is 2.22. The van der Waals surface area contributed by atoms with E-state index in [1.54, 1.807) is 0 Å². The minimum atomic E-state index is -0.964. The molecule has 28 heavy (non-hydrogen) atoms. The van der Waals surface area contributed by atoms with Gasteiger partial charge < -0.3 is 15.2 Å². The van der Waals surface area contributed by atoms with Gasteiger partial charge in [-0.25, -0.2) is 4.79 Å². The average Bonchev–Trinajstić information content (AvgIpc) is 2.65. The van der Waals surface area contributed by atoms with Crippen LogP contribution in [0.3, 0.4) is 0 Å². The zero-order valence-corrected chi connectivity index (χ0v) is 18.0. The van der Waals surface area contributed by atoms with Crippen LogP contribution in [0.1, 0.15) is 110 Å². The Morgan fingerprint density at radius 3 is 1.89 bits per heavy atom. The van der Waals surface area contributed by atoms with Gasteiger partial charge in [0.1, 0.15) is 6.04 Å². The van der Waals surface area contributed by atoms with E-state index in [0.717, 1.165) is 38.5 Å². The highest BCUT2D eigenvalue weighted by Crippen LogP contribution is 2.11. The summed E-state index contributed by atoms with van der Waals surface area (Å²) in [5, 5.41) is 11.9.